The second kappa shape index (κ2) is 5.85. The fraction of sp³-hybridized carbons (Fsp3) is 0.417. The summed E-state index contributed by atoms with van der Waals surface area (Å²) >= 11 is 7.23. The summed E-state index contributed by atoms with van der Waals surface area (Å²) in [6.07, 6.45) is 1.59. The van der Waals surface area contributed by atoms with Gasteiger partial charge in [0.05, 0.1) is 17.1 Å². The molecule has 0 aliphatic carbocycles. The quantitative estimate of drug-likeness (QED) is 0.789. The summed E-state index contributed by atoms with van der Waals surface area (Å²) in [7, 11) is -0.158. The zero-order valence-corrected chi connectivity index (χ0v) is 13.9. The van der Waals surface area contributed by atoms with E-state index < -0.39 is 10.0 Å². The molecular formula is C12H16ClN3O2S2. The highest BCUT2D eigenvalue weighted by Gasteiger charge is 2.24. The van der Waals surface area contributed by atoms with Crippen LogP contribution in [0, 0.1) is 6.92 Å². The highest BCUT2D eigenvalue weighted by molar-refractivity contribution is 7.89. The van der Waals surface area contributed by atoms with Crippen molar-refractivity contribution >= 4 is 33.0 Å². The number of aryl methyl sites for hydroxylation is 2. The van der Waals surface area contributed by atoms with E-state index in [1.807, 2.05) is 6.92 Å². The average molecular weight is 334 g/mol. The number of halogens is 1. The largest absolute Gasteiger partial charge is 0.352 e. The van der Waals surface area contributed by atoms with Gasteiger partial charge in [-0.2, -0.15) is 4.31 Å². The summed E-state index contributed by atoms with van der Waals surface area (Å²) < 4.78 is 28.1. The van der Waals surface area contributed by atoms with Crippen LogP contribution in [0.4, 0.5) is 0 Å². The predicted molar refractivity (Wildman–Crippen MR) is 80.5 cm³/mol. The molecule has 0 aliphatic rings. The molecule has 20 heavy (non-hydrogen) atoms. The normalized spacial score (nSPS) is 12.2. The number of hydrogen-bond acceptors (Lipinski definition) is 4. The van der Waals surface area contributed by atoms with Crippen molar-refractivity contribution in [2.24, 2.45) is 7.05 Å². The van der Waals surface area contributed by atoms with Crippen LogP contribution in [-0.4, -0.2) is 29.3 Å². The van der Waals surface area contributed by atoms with Gasteiger partial charge in [0.25, 0.3) is 0 Å². The van der Waals surface area contributed by atoms with Gasteiger partial charge in [0.15, 0.2) is 0 Å². The van der Waals surface area contributed by atoms with E-state index in [2.05, 4.69) is 4.98 Å². The van der Waals surface area contributed by atoms with Gasteiger partial charge in [0.1, 0.15) is 4.90 Å². The first kappa shape index (κ1) is 15.5. The molecule has 0 atom stereocenters. The highest BCUT2D eigenvalue weighted by atomic mass is 35.5. The topological polar surface area (TPSA) is 55.2 Å². The first-order chi connectivity index (χ1) is 9.36. The fourth-order valence-electron chi connectivity index (χ4n) is 1.80. The van der Waals surface area contributed by atoms with Gasteiger partial charge in [-0.25, -0.2) is 13.4 Å². The Kier molecular flexibility index (Phi) is 4.53. The summed E-state index contributed by atoms with van der Waals surface area (Å²) in [5.74, 6) is 0.281. The van der Waals surface area contributed by atoms with E-state index in [9.17, 15) is 8.42 Å². The van der Waals surface area contributed by atoms with Gasteiger partial charge < -0.3 is 4.57 Å². The zero-order valence-electron chi connectivity index (χ0n) is 11.5. The van der Waals surface area contributed by atoms with Crippen LogP contribution in [0.15, 0.2) is 22.7 Å². The molecule has 110 valence electrons. The lowest BCUT2D eigenvalue weighted by molar-refractivity contribution is 0.468. The molecule has 2 aromatic heterocycles. The Morgan fingerprint density at radius 1 is 1.50 bits per heavy atom. The minimum atomic E-state index is -3.51. The summed E-state index contributed by atoms with van der Waals surface area (Å²) in [5, 5.41) is 0. The molecule has 0 bridgehead atoms. The van der Waals surface area contributed by atoms with Crippen LogP contribution in [0.5, 0.6) is 0 Å². The van der Waals surface area contributed by atoms with Crippen molar-refractivity contribution in [3.05, 3.63) is 34.0 Å². The van der Waals surface area contributed by atoms with Gasteiger partial charge in [0.2, 0.25) is 10.0 Å². The third-order valence-electron chi connectivity index (χ3n) is 3.14. The van der Waals surface area contributed by atoms with E-state index in [0.717, 1.165) is 16.3 Å². The Bertz CT molecular complexity index is 706. The summed E-state index contributed by atoms with van der Waals surface area (Å²) in [6, 6.07) is 1.61. The Hall–Kier alpha value is -0.890. The van der Waals surface area contributed by atoms with Crippen LogP contribution in [0.1, 0.15) is 16.3 Å². The van der Waals surface area contributed by atoms with E-state index in [1.54, 1.807) is 36.4 Å². The van der Waals surface area contributed by atoms with Crippen LogP contribution in [0.3, 0.4) is 0 Å². The second-order valence-corrected chi connectivity index (χ2v) is 7.79. The molecule has 0 amide bonds. The number of thiazole rings is 1. The van der Waals surface area contributed by atoms with Gasteiger partial charge in [-0.1, -0.05) is 0 Å². The van der Waals surface area contributed by atoms with Crippen molar-refractivity contribution in [3.8, 4) is 0 Å². The standard InChI is InChI=1S/C12H16ClN3O2S2/c1-9-12(19-8-14-9)7-16(3)20(17,18)11-4-10(5-13)15(2)6-11/h4,6,8H,5,7H2,1-3H3. The van der Waals surface area contributed by atoms with Crippen molar-refractivity contribution in [2.45, 2.75) is 24.2 Å². The maximum absolute atomic E-state index is 12.5. The first-order valence-corrected chi connectivity index (χ1v) is 8.78. The van der Waals surface area contributed by atoms with E-state index in [0.29, 0.717) is 6.54 Å². The third-order valence-corrected chi connectivity index (χ3v) is 6.10. The molecule has 0 fully saturated rings. The average Bonchev–Trinajstić information content (AvgIpc) is 2.96. The van der Waals surface area contributed by atoms with Crippen molar-refractivity contribution < 1.29 is 8.42 Å². The monoisotopic (exact) mass is 333 g/mol. The molecule has 0 aromatic carbocycles. The fourth-order valence-corrected chi connectivity index (χ4v) is 4.21. The molecule has 5 nitrogen and oxygen atoms in total. The smallest absolute Gasteiger partial charge is 0.244 e. The lowest BCUT2D eigenvalue weighted by atomic mass is 10.4. The van der Waals surface area contributed by atoms with Crippen LogP contribution >= 0.6 is 22.9 Å². The first-order valence-electron chi connectivity index (χ1n) is 5.92. The minimum absolute atomic E-state index is 0.264. The van der Waals surface area contributed by atoms with Crippen molar-refractivity contribution in [3.63, 3.8) is 0 Å². The van der Waals surface area contributed by atoms with Crippen molar-refractivity contribution in [1.82, 2.24) is 13.9 Å². The molecule has 0 radical (unpaired) electrons. The van der Waals surface area contributed by atoms with Crippen LogP contribution < -0.4 is 0 Å². The number of nitrogens with zero attached hydrogens (tertiary/aromatic N) is 3. The van der Waals surface area contributed by atoms with Gasteiger partial charge in [0, 0.05) is 37.4 Å². The zero-order chi connectivity index (χ0) is 14.9. The Balaban J connectivity index is 2.27. The molecule has 8 heteroatoms. The van der Waals surface area contributed by atoms with E-state index in [-0.39, 0.29) is 10.8 Å². The van der Waals surface area contributed by atoms with Crippen molar-refractivity contribution in [1.29, 1.82) is 0 Å². The SMILES string of the molecule is Cc1ncsc1CN(C)S(=O)(=O)c1cc(CCl)n(C)c1. The second-order valence-electron chi connectivity index (χ2n) is 4.53. The minimum Gasteiger partial charge on any atom is -0.352 e. The van der Waals surface area contributed by atoms with E-state index >= 15 is 0 Å². The predicted octanol–water partition coefficient (Wildman–Crippen LogP) is 2.35. The third kappa shape index (κ3) is 2.90. The van der Waals surface area contributed by atoms with Crippen molar-refractivity contribution in [2.75, 3.05) is 7.05 Å². The van der Waals surface area contributed by atoms with Gasteiger partial charge >= 0.3 is 0 Å². The lowest BCUT2D eigenvalue weighted by Gasteiger charge is -2.15. The van der Waals surface area contributed by atoms with Gasteiger partial charge in [-0.3, -0.25) is 0 Å². The molecule has 0 saturated heterocycles. The molecule has 2 heterocycles. The summed E-state index contributed by atoms with van der Waals surface area (Å²) in [6.45, 7) is 2.20. The molecule has 0 N–H and O–H groups in total. The molecule has 0 saturated carbocycles. The molecule has 0 unspecified atom stereocenters. The summed E-state index contributed by atoms with van der Waals surface area (Å²) in [4.78, 5) is 5.34. The maximum Gasteiger partial charge on any atom is 0.244 e. The lowest BCUT2D eigenvalue weighted by Crippen LogP contribution is -2.26. The molecule has 0 aliphatic heterocycles. The molecule has 2 rings (SSSR count). The maximum atomic E-state index is 12.5. The molecule has 0 spiro atoms. The number of hydrogen-bond donors (Lipinski definition) is 0. The van der Waals surface area contributed by atoms with Gasteiger partial charge in [-0.15, -0.1) is 22.9 Å². The molecular weight excluding hydrogens is 318 g/mol. The van der Waals surface area contributed by atoms with Crippen LogP contribution in [0.2, 0.25) is 0 Å². The molecule has 2 aromatic rings. The van der Waals surface area contributed by atoms with E-state index in [4.69, 9.17) is 11.6 Å². The van der Waals surface area contributed by atoms with Gasteiger partial charge in [-0.05, 0) is 13.0 Å². The number of alkyl halides is 1. The Morgan fingerprint density at radius 2 is 2.20 bits per heavy atom. The number of rotatable bonds is 5. The van der Waals surface area contributed by atoms with Crippen LogP contribution in [0.25, 0.3) is 0 Å². The Morgan fingerprint density at radius 3 is 2.70 bits per heavy atom. The Labute approximate surface area is 127 Å². The van der Waals surface area contributed by atoms with Crippen LogP contribution in [-0.2, 0) is 29.5 Å². The van der Waals surface area contributed by atoms with E-state index in [1.165, 1.54) is 15.6 Å². The number of sulfonamides is 1. The highest BCUT2D eigenvalue weighted by Crippen LogP contribution is 2.22. The number of aromatic nitrogens is 2. The summed E-state index contributed by atoms with van der Waals surface area (Å²) in [5.41, 5.74) is 3.36.